The molecule has 0 radical (unpaired) electrons. The maximum atomic E-state index is 12.7. The van der Waals surface area contributed by atoms with Crippen molar-refractivity contribution in [3.8, 4) is 0 Å². The zero-order valence-electron chi connectivity index (χ0n) is 12.9. The van der Waals surface area contributed by atoms with Crippen LogP contribution in [-0.4, -0.2) is 34.2 Å². The van der Waals surface area contributed by atoms with Crippen LogP contribution in [0.15, 0.2) is 9.31 Å². The van der Waals surface area contributed by atoms with E-state index in [1.54, 1.807) is 13.8 Å². The molecule has 0 saturated carbocycles. The molecule has 2 N–H and O–H groups in total. The van der Waals surface area contributed by atoms with Crippen LogP contribution in [-0.2, 0) is 21.3 Å². The molecule has 2 rings (SSSR count). The van der Waals surface area contributed by atoms with Crippen molar-refractivity contribution in [2.45, 2.75) is 51.1 Å². The number of aryl methyl sites for hydroxylation is 2. The summed E-state index contributed by atoms with van der Waals surface area (Å²) in [5, 5.41) is 3.16. The summed E-state index contributed by atoms with van der Waals surface area (Å²) in [6.07, 6.45) is 1.41. The van der Waals surface area contributed by atoms with Gasteiger partial charge in [-0.1, -0.05) is 6.92 Å². The van der Waals surface area contributed by atoms with Crippen LogP contribution < -0.4 is 10.0 Å². The molecule has 0 unspecified atom stereocenters. The first kappa shape index (κ1) is 16.5. The molecule has 0 atom stereocenters. The van der Waals surface area contributed by atoms with E-state index in [1.807, 2.05) is 6.92 Å². The summed E-state index contributed by atoms with van der Waals surface area (Å²) in [4.78, 5) is 0.285. The number of nitrogens with one attached hydrogen (secondary N) is 2. The van der Waals surface area contributed by atoms with Gasteiger partial charge in [-0.05, 0) is 33.2 Å². The second-order valence-corrected chi connectivity index (χ2v) is 6.96. The summed E-state index contributed by atoms with van der Waals surface area (Å²) in [7, 11) is -3.57. The van der Waals surface area contributed by atoms with Gasteiger partial charge < -0.3 is 14.5 Å². The van der Waals surface area contributed by atoms with E-state index < -0.39 is 10.0 Å². The summed E-state index contributed by atoms with van der Waals surface area (Å²) in [5.74, 6) is 1.10. The zero-order chi connectivity index (χ0) is 15.5. The Labute approximate surface area is 126 Å². The minimum atomic E-state index is -3.57. The van der Waals surface area contributed by atoms with Gasteiger partial charge in [-0.2, -0.15) is 0 Å². The quantitative estimate of drug-likeness (QED) is 0.830. The predicted molar refractivity (Wildman–Crippen MR) is 79.7 cm³/mol. The van der Waals surface area contributed by atoms with Gasteiger partial charge >= 0.3 is 0 Å². The summed E-state index contributed by atoms with van der Waals surface area (Å²) >= 11 is 0. The topological polar surface area (TPSA) is 80.6 Å². The Balaban J connectivity index is 2.25. The third kappa shape index (κ3) is 3.85. The fourth-order valence-electron chi connectivity index (χ4n) is 2.61. The van der Waals surface area contributed by atoms with Crippen LogP contribution in [0.3, 0.4) is 0 Å². The molecule has 21 heavy (non-hydrogen) atoms. The highest BCUT2D eigenvalue weighted by molar-refractivity contribution is 7.89. The van der Waals surface area contributed by atoms with E-state index in [1.165, 1.54) is 0 Å². The van der Waals surface area contributed by atoms with Gasteiger partial charge in [0.2, 0.25) is 10.0 Å². The van der Waals surface area contributed by atoms with Gasteiger partial charge in [0.05, 0.1) is 0 Å². The van der Waals surface area contributed by atoms with Crippen LogP contribution in [0.1, 0.15) is 36.8 Å². The highest BCUT2D eigenvalue weighted by Crippen LogP contribution is 2.27. The van der Waals surface area contributed by atoms with Crippen LogP contribution in [0.25, 0.3) is 0 Å². The Morgan fingerprint density at radius 3 is 2.48 bits per heavy atom. The Bertz CT molecular complexity index is 574. The summed E-state index contributed by atoms with van der Waals surface area (Å²) in [5.41, 5.74) is 0.717. The standard InChI is InChI=1S/C14H24N2O4S/c1-4-15-9-13-10(2)20-11(3)14(13)21(17,18)16-12-5-7-19-8-6-12/h12,15-16H,4-9H2,1-3H3. The second kappa shape index (κ2) is 6.91. The first-order chi connectivity index (χ1) is 9.95. The molecule has 120 valence electrons. The number of sulfonamides is 1. The summed E-state index contributed by atoms with van der Waals surface area (Å²) < 4.78 is 38.9. The van der Waals surface area contributed by atoms with Crippen LogP contribution in [0.2, 0.25) is 0 Å². The third-order valence-corrected chi connectivity index (χ3v) is 5.40. The molecule has 0 bridgehead atoms. The van der Waals surface area contributed by atoms with Crippen molar-refractivity contribution in [2.75, 3.05) is 19.8 Å². The smallest absolute Gasteiger partial charge is 0.244 e. The Morgan fingerprint density at radius 1 is 1.19 bits per heavy atom. The Hall–Kier alpha value is -0.890. The molecule has 1 fully saturated rings. The monoisotopic (exact) mass is 316 g/mol. The number of hydrogen-bond donors (Lipinski definition) is 2. The molecule has 1 saturated heterocycles. The molecular weight excluding hydrogens is 292 g/mol. The molecule has 1 aromatic rings. The predicted octanol–water partition coefficient (Wildman–Crippen LogP) is 1.46. The molecule has 1 aliphatic rings. The minimum absolute atomic E-state index is 0.0645. The third-order valence-electron chi connectivity index (χ3n) is 3.69. The molecule has 1 aliphatic heterocycles. The van der Waals surface area contributed by atoms with Crippen LogP contribution in [0.5, 0.6) is 0 Å². The fraction of sp³-hybridized carbons (Fsp3) is 0.714. The minimum Gasteiger partial charge on any atom is -0.465 e. The lowest BCUT2D eigenvalue weighted by molar-refractivity contribution is 0.0832. The molecule has 1 aromatic heterocycles. The largest absolute Gasteiger partial charge is 0.465 e. The van der Waals surface area contributed by atoms with Gasteiger partial charge in [0.15, 0.2) is 0 Å². The number of furan rings is 1. The van der Waals surface area contributed by atoms with Gasteiger partial charge in [-0.25, -0.2) is 13.1 Å². The van der Waals surface area contributed by atoms with E-state index in [-0.39, 0.29) is 10.9 Å². The van der Waals surface area contributed by atoms with E-state index in [0.717, 1.165) is 6.54 Å². The lowest BCUT2D eigenvalue weighted by Gasteiger charge is -2.23. The molecule has 6 nitrogen and oxygen atoms in total. The van der Waals surface area contributed by atoms with Gasteiger partial charge in [-0.3, -0.25) is 0 Å². The van der Waals surface area contributed by atoms with Gasteiger partial charge in [0, 0.05) is 31.4 Å². The van der Waals surface area contributed by atoms with E-state index in [9.17, 15) is 8.42 Å². The molecular formula is C14H24N2O4S. The first-order valence-corrected chi connectivity index (χ1v) is 8.83. The molecule has 0 amide bonds. The van der Waals surface area contributed by atoms with Gasteiger partial charge in [0.25, 0.3) is 0 Å². The average molecular weight is 316 g/mol. The van der Waals surface area contributed by atoms with E-state index in [4.69, 9.17) is 9.15 Å². The molecule has 0 aliphatic carbocycles. The highest BCUT2D eigenvalue weighted by atomic mass is 32.2. The lowest BCUT2D eigenvalue weighted by Crippen LogP contribution is -2.39. The number of rotatable bonds is 6. The Morgan fingerprint density at radius 2 is 1.86 bits per heavy atom. The first-order valence-electron chi connectivity index (χ1n) is 7.35. The zero-order valence-corrected chi connectivity index (χ0v) is 13.7. The van der Waals surface area contributed by atoms with Crippen molar-refractivity contribution < 1.29 is 17.6 Å². The average Bonchev–Trinajstić information content (AvgIpc) is 2.72. The summed E-state index contributed by atoms with van der Waals surface area (Å²) in [6.45, 7) is 7.94. The lowest BCUT2D eigenvalue weighted by atomic mass is 10.1. The molecule has 0 aromatic carbocycles. The van der Waals surface area contributed by atoms with Crippen LogP contribution in [0.4, 0.5) is 0 Å². The van der Waals surface area contributed by atoms with Crippen molar-refractivity contribution in [3.63, 3.8) is 0 Å². The molecule has 2 heterocycles. The fourth-order valence-corrected chi connectivity index (χ4v) is 4.36. The number of hydrogen-bond acceptors (Lipinski definition) is 5. The normalized spacial score (nSPS) is 17.3. The van der Waals surface area contributed by atoms with Crippen molar-refractivity contribution in [1.29, 1.82) is 0 Å². The van der Waals surface area contributed by atoms with E-state index in [2.05, 4.69) is 10.0 Å². The maximum absolute atomic E-state index is 12.7. The van der Waals surface area contributed by atoms with E-state index >= 15 is 0 Å². The van der Waals surface area contributed by atoms with Crippen molar-refractivity contribution in [1.82, 2.24) is 10.0 Å². The van der Waals surface area contributed by atoms with Crippen molar-refractivity contribution in [3.05, 3.63) is 17.1 Å². The summed E-state index contributed by atoms with van der Waals surface area (Å²) in [6, 6.07) is -0.0645. The Kier molecular flexibility index (Phi) is 5.43. The van der Waals surface area contributed by atoms with Gasteiger partial charge in [-0.15, -0.1) is 0 Å². The SMILES string of the molecule is CCNCc1c(C)oc(C)c1S(=O)(=O)NC1CCOCC1. The molecule has 7 heteroatoms. The van der Waals surface area contributed by atoms with Gasteiger partial charge in [0.1, 0.15) is 16.4 Å². The second-order valence-electron chi connectivity index (χ2n) is 5.31. The van der Waals surface area contributed by atoms with Crippen LogP contribution in [0, 0.1) is 13.8 Å². The van der Waals surface area contributed by atoms with Crippen molar-refractivity contribution >= 4 is 10.0 Å². The highest BCUT2D eigenvalue weighted by Gasteiger charge is 2.29. The molecule has 0 spiro atoms. The van der Waals surface area contributed by atoms with E-state index in [0.29, 0.717) is 49.7 Å². The maximum Gasteiger partial charge on any atom is 0.244 e. The number of ether oxygens (including phenoxy) is 1. The van der Waals surface area contributed by atoms with Crippen LogP contribution >= 0.6 is 0 Å². The van der Waals surface area contributed by atoms with Crippen molar-refractivity contribution in [2.24, 2.45) is 0 Å².